The summed E-state index contributed by atoms with van der Waals surface area (Å²) >= 11 is 0. The molecule has 9 nitrogen and oxygen atoms in total. The molecule has 2 atom stereocenters. The summed E-state index contributed by atoms with van der Waals surface area (Å²) in [6.07, 6.45) is 0. The monoisotopic (exact) mass is 557 g/mol. The number of pyridine rings is 1. The van der Waals surface area contributed by atoms with Crippen molar-refractivity contribution in [1.82, 2.24) is 26.0 Å². The lowest BCUT2D eigenvalue weighted by Crippen LogP contribution is -2.63. The Balaban J connectivity index is 1.22. The highest BCUT2D eigenvalue weighted by Gasteiger charge is 2.33. The topological polar surface area (TPSA) is 116 Å². The number of carbonyl (C=O) groups excluding carboxylic acids is 2. The number of para-hydroxylation sites is 1. The maximum absolute atomic E-state index is 13.3. The molecule has 1 fully saturated rings. The summed E-state index contributed by atoms with van der Waals surface area (Å²) in [4.78, 5) is 32.3. The number of nitrogens with zero attached hydrogens (tertiary/aromatic N) is 2. The molecule has 3 aromatic carbocycles. The normalized spacial score (nSPS) is 16.2. The van der Waals surface area contributed by atoms with Crippen molar-refractivity contribution in [3.8, 4) is 5.75 Å². The molecule has 0 aliphatic carbocycles. The molecule has 4 aromatic rings. The number of aryl methyl sites for hydroxylation is 1. The van der Waals surface area contributed by atoms with Gasteiger partial charge in [-0.05, 0) is 61.0 Å². The third kappa shape index (κ3) is 7.04. The van der Waals surface area contributed by atoms with Crippen molar-refractivity contribution >= 4 is 22.7 Å². The van der Waals surface area contributed by atoms with Crippen molar-refractivity contribution in [2.45, 2.75) is 32.2 Å². The first-order chi connectivity index (χ1) is 19.9. The van der Waals surface area contributed by atoms with Crippen molar-refractivity contribution in [2.75, 3.05) is 19.6 Å². The van der Waals surface area contributed by atoms with Gasteiger partial charge in [-0.15, -0.1) is 0 Å². The molecule has 2 amide bonds. The number of hydroxylamine groups is 1. The van der Waals surface area contributed by atoms with E-state index in [9.17, 15) is 19.2 Å². The third-order valence-electron chi connectivity index (χ3n) is 7.13. The predicted molar refractivity (Wildman–Crippen MR) is 152 cm³/mol. The Labute approximate surface area is 237 Å². The molecule has 212 valence electrons. The fourth-order valence-corrected chi connectivity index (χ4v) is 5.08. The zero-order chi connectivity index (χ0) is 28.8. The lowest BCUT2D eigenvalue weighted by Gasteiger charge is -2.37. The van der Waals surface area contributed by atoms with Gasteiger partial charge < -0.3 is 15.4 Å². The molecular formula is C31H32FN5O4. The van der Waals surface area contributed by atoms with Crippen molar-refractivity contribution in [3.05, 3.63) is 107 Å². The van der Waals surface area contributed by atoms with Crippen LogP contribution in [0.2, 0.25) is 0 Å². The zero-order valence-corrected chi connectivity index (χ0v) is 22.6. The number of fused-ring (bicyclic) bond motifs is 1. The van der Waals surface area contributed by atoms with Gasteiger partial charge in [0.1, 0.15) is 24.2 Å². The average molecular weight is 558 g/mol. The summed E-state index contributed by atoms with van der Waals surface area (Å²) in [5.74, 6) is -0.890. The van der Waals surface area contributed by atoms with Crippen LogP contribution >= 0.6 is 0 Å². The maximum Gasteiger partial charge on any atom is 0.267 e. The van der Waals surface area contributed by atoms with Gasteiger partial charge in [-0.3, -0.25) is 24.7 Å². The molecule has 1 saturated heterocycles. The summed E-state index contributed by atoms with van der Waals surface area (Å²) in [5.41, 5.74) is 5.78. The average Bonchev–Trinajstić information content (AvgIpc) is 2.99. The fraction of sp³-hybridized carbons (Fsp3) is 0.258. The molecule has 1 aliphatic rings. The van der Waals surface area contributed by atoms with Crippen LogP contribution in [0.15, 0.2) is 78.9 Å². The van der Waals surface area contributed by atoms with Crippen LogP contribution in [-0.4, -0.2) is 58.6 Å². The fourth-order valence-electron chi connectivity index (χ4n) is 5.08. The van der Waals surface area contributed by atoms with E-state index in [1.54, 1.807) is 41.9 Å². The number of nitrogens with one attached hydrogen (secondary N) is 3. The van der Waals surface area contributed by atoms with E-state index in [0.717, 1.165) is 27.7 Å². The number of halogens is 1. The van der Waals surface area contributed by atoms with Crippen LogP contribution in [0, 0.1) is 12.7 Å². The summed E-state index contributed by atoms with van der Waals surface area (Å²) in [7, 11) is 0. The Kier molecular flexibility index (Phi) is 8.83. The van der Waals surface area contributed by atoms with Crippen molar-refractivity contribution in [3.63, 3.8) is 0 Å². The number of benzene rings is 3. The number of piperazine rings is 1. The molecule has 0 bridgehead atoms. The summed E-state index contributed by atoms with van der Waals surface area (Å²) in [6, 6.07) is 21.3. The number of aromatic nitrogens is 1. The minimum Gasteiger partial charge on any atom is -0.489 e. The van der Waals surface area contributed by atoms with Crippen LogP contribution in [-0.2, 0) is 17.9 Å². The lowest BCUT2D eigenvalue weighted by atomic mass is 10.0. The van der Waals surface area contributed by atoms with Crippen LogP contribution < -0.4 is 20.9 Å². The van der Waals surface area contributed by atoms with Crippen molar-refractivity contribution in [2.24, 2.45) is 0 Å². The van der Waals surface area contributed by atoms with Crippen molar-refractivity contribution < 1.29 is 23.9 Å². The van der Waals surface area contributed by atoms with Crippen LogP contribution in [0.5, 0.6) is 5.75 Å². The van der Waals surface area contributed by atoms with Gasteiger partial charge in [-0.2, -0.15) is 0 Å². The van der Waals surface area contributed by atoms with E-state index in [4.69, 9.17) is 4.74 Å². The minimum absolute atomic E-state index is 0.300. The van der Waals surface area contributed by atoms with Gasteiger partial charge in [0.15, 0.2) is 0 Å². The molecule has 2 heterocycles. The molecule has 1 unspecified atom stereocenters. The van der Waals surface area contributed by atoms with Gasteiger partial charge in [-0.1, -0.05) is 30.3 Å². The van der Waals surface area contributed by atoms with Gasteiger partial charge in [0.2, 0.25) is 0 Å². The molecule has 0 spiro atoms. The molecule has 1 aliphatic heterocycles. The van der Waals surface area contributed by atoms with E-state index < -0.39 is 23.9 Å². The van der Waals surface area contributed by atoms with Crippen LogP contribution in [0.3, 0.4) is 0 Å². The first-order valence-electron chi connectivity index (χ1n) is 13.4. The number of hydrogen-bond acceptors (Lipinski definition) is 7. The third-order valence-corrected chi connectivity index (χ3v) is 7.13. The van der Waals surface area contributed by atoms with Crippen LogP contribution in [0.4, 0.5) is 4.39 Å². The number of amides is 2. The molecule has 1 aromatic heterocycles. The highest BCUT2D eigenvalue weighted by molar-refractivity contribution is 5.97. The zero-order valence-electron chi connectivity index (χ0n) is 22.6. The summed E-state index contributed by atoms with van der Waals surface area (Å²) in [6.45, 7) is 4.58. The first kappa shape index (κ1) is 28.2. The second-order valence-corrected chi connectivity index (χ2v) is 10.1. The Hall–Kier alpha value is -4.38. The van der Waals surface area contributed by atoms with E-state index >= 15 is 0 Å². The van der Waals surface area contributed by atoms with Crippen LogP contribution in [0.1, 0.15) is 27.2 Å². The minimum atomic E-state index is -1.03. The Bertz CT molecular complexity index is 1510. The number of carbonyl (C=O) groups is 2. The molecule has 10 heteroatoms. The molecule has 0 saturated carbocycles. The first-order valence-corrected chi connectivity index (χ1v) is 13.4. The molecular weight excluding hydrogens is 525 g/mol. The summed E-state index contributed by atoms with van der Waals surface area (Å²) < 4.78 is 19.3. The molecule has 0 radical (unpaired) electrons. The van der Waals surface area contributed by atoms with E-state index in [2.05, 4.69) is 20.5 Å². The van der Waals surface area contributed by atoms with Crippen LogP contribution in [0.25, 0.3) is 10.9 Å². The summed E-state index contributed by atoms with van der Waals surface area (Å²) in [5, 5.41) is 16.4. The number of hydrogen-bond donors (Lipinski definition) is 4. The highest BCUT2D eigenvalue weighted by Crippen LogP contribution is 2.21. The van der Waals surface area contributed by atoms with E-state index in [0.29, 0.717) is 44.1 Å². The predicted octanol–water partition coefficient (Wildman–Crippen LogP) is 3.34. The molecule has 5 rings (SSSR count). The quantitative estimate of drug-likeness (QED) is 0.184. The molecule has 4 N–H and O–H groups in total. The van der Waals surface area contributed by atoms with Gasteiger partial charge in [0.25, 0.3) is 11.8 Å². The lowest BCUT2D eigenvalue weighted by molar-refractivity contribution is -0.132. The Morgan fingerprint density at radius 3 is 2.63 bits per heavy atom. The number of ether oxygens (including phenoxy) is 1. The van der Waals surface area contributed by atoms with Gasteiger partial charge >= 0.3 is 0 Å². The highest BCUT2D eigenvalue weighted by atomic mass is 19.1. The second kappa shape index (κ2) is 12.9. The Morgan fingerprint density at radius 2 is 1.88 bits per heavy atom. The standard InChI is InChI=1S/C31H32FN5O4/c1-20-16-23(26-4-2-3-5-27(26)34-20)19-41-25-12-8-22(9-13-25)30(38)35-29(31(39)36-40)28-18-37(15-14-33-28)17-21-6-10-24(32)11-7-21/h2-13,16,28-29,33,40H,14-15,17-19H2,1H3,(H,35,38)(H,36,39)/t28-,29?/m0/s1. The SMILES string of the molecule is Cc1cc(COc2ccc(C(=O)NC(C(=O)NO)[C@@H]3CN(Cc4ccc(F)cc4)CCN3)cc2)c2ccccc2n1. The van der Waals surface area contributed by atoms with E-state index in [1.165, 1.54) is 12.1 Å². The molecule has 41 heavy (non-hydrogen) atoms. The smallest absolute Gasteiger partial charge is 0.267 e. The van der Waals surface area contributed by atoms with E-state index in [1.807, 2.05) is 37.3 Å². The van der Waals surface area contributed by atoms with Gasteiger partial charge in [-0.25, -0.2) is 9.87 Å². The second-order valence-electron chi connectivity index (χ2n) is 10.1. The van der Waals surface area contributed by atoms with Crippen molar-refractivity contribution in [1.29, 1.82) is 0 Å². The Morgan fingerprint density at radius 1 is 1.12 bits per heavy atom. The largest absolute Gasteiger partial charge is 0.489 e. The van der Waals surface area contributed by atoms with Gasteiger partial charge in [0, 0.05) is 54.4 Å². The van der Waals surface area contributed by atoms with Gasteiger partial charge in [0.05, 0.1) is 5.52 Å². The number of rotatable bonds is 9. The maximum atomic E-state index is 13.3. The van der Waals surface area contributed by atoms with E-state index in [-0.39, 0.29) is 5.82 Å².